The van der Waals surface area contributed by atoms with Crippen LogP contribution in [0.15, 0.2) is 24.3 Å². The highest BCUT2D eigenvalue weighted by Crippen LogP contribution is 2.55. The van der Waals surface area contributed by atoms with E-state index < -0.39 is 17.9 Å². The lowest BCUT2D eigenvalue weighted by atomic mass is 9.65. The summed E-state index contributed by atoms with van der Waals surface area (Å²) in [7, 11) is 7.51. The van der Waals surface area contributed by atoms with E-state index in [1.54, 1.807) is 6.07 Å². The minimum Gasteiger partial charge on any atom is -0.504 e. The second-order valence-corrected chi connectivity index (χ2v) is 11.0. The lowest BCUT2D eigenvalue weighted by Gasteiger charge is -2.39. The number of carbonyl (C=O) groups excluding carboxylic acids is 2. The molecule has 2 aromatic carbocycles. The van der Waals surface area contributed by atoms with E-state index in [1.165, 1.54) is 13.2 Å². The first-order valence-electron chi connectivity index (χ1n) is 13.5. The third kappa shape index (κ3) is 5.35. The second-order valence-electron chi connectivity index (χ2n) is 11.0. The van der Waals surface area contributed by atoms with E-state index in [0.717, 1.165) is 30.8 Å². The molecule has 4 atom stereocenters. The van der Waals surface area contributed by atoms with Gasteiger partial charge in [0, 0.05) is 31.3 Å². The minimum atomic E-state index is -0.635. The third-order valence-corrected chi connectivity index (χ3v) is 8.03. The highest BCUT2D eigenvalue weighted by Gasteiger charge is 2.53. The Hall–Kier alpha value is -3.70. The number of hydrogen-bond donors (Lipinski definition) is 3. The number of benzene rings is 2. The molecule has 1 saturated heterocycles. The second kappa shape index (κ2) is 11.4. The predicted octanol–water partition coefficient (Wildman–Crippen LogP) is 2.20. The first kappa shape index (κ1) is 27.9. The molecular formula is C29H37N3O8. The van der Waals surface area contributed by atoms with Gasteiger partial charge in [-0.15, -0.1) is 0 Å². The molecule has 5 rings (SSSR count). The fraction of sp³-hybridized carbons (Fsp3) is 0.517. The Balaban J connectivity index is 1.46. The molecule has 1 unspecified atom stereocenters. The molecule has 11 nitrogen and oxygen atoms in total. The monoisotopic (exact) mass is 555 g/mol. The van der Waals surface area contributed by atoms with Gasteiger partial charge in [-0.3, -0.25) is 9.59 Å². The van der Waals surface area contributed by atoms with Gasteiger partial charge >= 0.3 is 5.97 Å². The summed E-state index contributed by atoms with van der Waals surface area (Å²) in [5.41, 5.74) is 2.13. The summed E-state index contributed by atoms with van der Waals surface area (Å²) in [6.07, 6.45) is 1.05. The lowest BCUT2D eigenvalue weighted by molar-refractivity contribution is -0.141. The van der Waals surface area contributed by atoms with Crippen LogP contribution in [0.25, 0.3) is 0 Å². The summed E-state index contributed by atoms with van der Waals surface area (Å²) < 4.78 is 22.1. The number of fused-ring (bicyclic) bond motifs is 3. The van der Waals surface area contributed by atoms with Crippen molar-refractivity contribution >= 4 is 11.9 Å². The maximum absolute atomic E-state index is 13.2. The van der Waals surface area contributed by atoms with Gasteiger partial charge in [0.1, 0.15) is 0 Å². The molecule has 2 heterocycles. The largest absolute Gasteiger partial charge is 0.504 e. The van der Waals surface area contributed by atoms with Crippen LogP contribution in [0.2, 0.25) is 0 Å². The van der Waals surface area contributed by atoms with Crippen LogP contribution in [0, 0.1) is 11.8 Å². The number of esters is 1. The van der Waals surface area contributed by atoms with Gasteiger partial charge in [0.05, 0.1) is 25.7 Å². The number of nitrogens with one attached hydrogen (secondary N) is 1. The predicted molar refractivity (Wildman–Crippen MR) is 145 cm³/mol. The van der Waals surface area contributed by atoms with Crippen LogP contribution in [-0.2, 0) is 14.3 Å². The van der Waals surface area contributed by atoms with Gasteiger partial charge < -0.3 is 44.3 Å². The molecular weight excluding hydrogens is 518 g/mol. The number of nitrogens with zero attached hydrogens (tertiary/aromatic N) is 2. The van der Waals surface area contributed by atoms with E-state index in [9.17, 15) is 19.8 Å². The minimum absolute atomic E-state index is 0.0734. The molecule has 2 aliphatic heterocycles. The van der Waals surface area contributed by atoms with E-state index >= 15 is 0 Å². The molecule has 1 fully saturated rings. The molecule has 0 spiro atoms. The van der Waals surface area contributed by atoms with Crippen LogP contribution in [-0.4, -0.2) is 93.2 Å². The first-order valence-corrected chi connectivity index (χ1v) is 13.5. The number of ether oxygens (including phenoxy) is 4. The van der Waals surface area contributed by atoms with Crippen LogP contribution in [0.3, 0.4) is 0 Å². The standard InChI is InChI=1S/C29H37N3O8/c1-31(2)8-9-32(3)7-5-6-24(34)30-27-18-13-22-21(39-15-40-22)12-17(18)25(26-19(27)14-38-29(26)36)16-10-20(33)28(35)23(11-16)37-4/h10-13,19,25-27,33,35H,5-9,14-15H2,1-4H3,(H,30,34)/t19-,25?,26-,27+/m0/s1. The van der Waals surface area contributed by atoms with Gasteiger partial charge in [0.2, 0.25) is 18.4 Å². The molecule has 0 saturated carbocycles. The summed E-state index contributed by atoms with van der Waals surface area (Å²) in [5, 5.41) is 23.9. The van der Waals surface area contributed by atoms with Crippen LogP contribution in [0.4, 0.5) is 0 Å². The third-order valence-electron chi connectivity index (χ3n) is 8.03. The quantitative estimate of drug-likeness (QED) is 0.296. The maximum Gasteiger partial charge on any atom is 0.310 e. The maximum atomic E-state index is 13.2. The average molecular weight is 556 g/mol. The van der Waals surface area contributed by atoms with E-state index in [0.29, 0.717) is 29.9 Å². The van der Waals surface area contributed by atoms with Crippen molar-refractivity contribution in [1.29, 1.82) is 0 Å². The number of rotatable bonds is 10. The van der Waals surface area contributed by atoms with Gasteiger partial charge in [-0.25, -0.2) is 0 Å². The first-order chi connectivity index (χ1) is 19.2. The van der Waals surface area contributed by atoms with Crippen molar-refractivity contribution in [2.24, 2.45) is 11.8 Å². The molecule has 3 aliphatic rings. The fourth-order valence-electron chi connectivity index (χ4n) is 5.93. The van der Waals surface area contributed by atoms with Crippen molar-refractivity contribution in [2.45, 2.75) is 24.8 Å². The zero-order chi connectivity index (χ0) is 28.6. The zero-order valence-electron chi connectivity index (χ0n) is 23.3. The highest BCUT2D eigenvalue weighted by atomic mass is 16.7. The number of methoxy groups -OCH3 is 1. The Morgan fingerprint density at radius 2 is 1.75 bits per heavy atom. The molecule has 0 bridgehead atoms. The van der Waals surface area contributed by atoms with E-state index in [4.69, 9.17) is 18.9 Å². The van der Waals surface area contributed by atoms with Gasteiger partial charge in [0.15, 0.2) is 23.0 Å². The molecule has 2 aromatic rings. The number of carbonyl (C=O) groups is 2. The number of likely N-dealkylation sites (N-methyl/N-ethyl adjacent to an activating group) is 2. The summed E-state index contributed by atoms with van der Waals surface area (Å²) in [6.45, 7) is 2.88. The Bertz CT molecular complexity index is 1280. The number of hydrogen-bond acceptors (Lipinski definition) is 10. The molecule has 40 heavy (non-hydrogen) atoms. The molecule has 1 amide bonds. The number of phenols is 2. The number of aromatic hydroxyl groups is 2. The Morgan fingerprint density at radius 3 is 2.45 bits per heavy atom. The Morgan fingerprint density at radius 1 is 1.02 bits per heavy atom. The summed E-state index contributed by atoms with van der Waals surface area (Å²) >= 11 is 0. The molecule has 1 aliphatic carbocycles. The Kier molecular flexibility index (Phi) is 7.95. The summed E-state index contributed by atoms with van der Waals surface area (Å²) in [4.78, 5) is 30.7. The molecule has 3 N–H and O–H groups in total. The van der Waals surface area contributed by atoms with E-state index in [2.05, 4.69) is 15.1 Å². The van der Waals surface area contributed by atoms with Crippen molar-refractivity contribution in [2.75, 3.05) is 61.3 Å². The van der Waals surface area contributed by atoms with Gasteiger partial charge in [0.25, 0.3) is 0 Å². The van der Waals surface area contributed by atoms with Gasteiger partial charge in [-0.2, -0.15) is 0 Å². The number of phenolic OH excluding ortho intramolecular Hbond substituents is 2. The normalized spacial score (nSPS) is 22.7. The number of amides is 1. The van der Waals surface area contributed by atoms with Crippen molar-refractivity contribution in [3.63, 3.8) is 0 Å². The molecule has 216 valence electrons. The zero-order valence-corrected chi connectivity index (χ0v) is 23.3. The van der Waals surface area contributed by atoms with Crippen molar-refractivity contribution < 1.29 is 38.7 Å². The van der Waals surface area contributed by atoms with Crippen molar-refractivity contribution in [1.82, 2.24) is 15.1 Å². The topological polar surface area (TPSA) is 130 Å². The molecule has 11 heteroatoms. The average Bonchev–Trinajstić information content (AvgIpc) is 3.54. The van der Waals surface area contributed by atoms with Crippen LogP contribution in [0.5, 0.6) is 28.7 Å². The molecule has 0 radical (unpaired) electrons. The van der Waals surface area contributed by atoms with Crippen LogP contribution in [0.1, 0.15) is 41.5 Å². The number of cyclic esters (lactones) is 1. The smallest absolute Gasteiger partial charge is 0.310 e. The van der Waals surface area contributed by atoms with Gasteiger partial charge in [-0.1, -0.05) is 0 Å². The van der Waals surface area contributed by atoms with E-state index in [1.807, 2.05) is 33.3 Å². The van der Waals surface area contributed by atoms with Crippen molar-refractivity contribution in [3.05, 3.63) is 41.0 Å². The van der Waals surface area contributed by atoms with E-state index in [-0.39, 0.29) is 48.4 Å². The van der Waals surface area contributed by atoms with Crippen LogP contribution >= 0.6 is 0 Å². The van der Waals surface area contributed by atoms with Gasteiger partial charge in [-0.05, 0) is 75.1 Å². The SMILES string of the molecule is COc1cc(C2c3cc4c(cc3[C@@H](NC(=O)CCCN(C)CCN(C)C)[C@H]3COC(=O)[C@H]23)OCO4)cc(O)c1O. The summed E-state index contributed by atoms with van der Waals surface area (Å²) in [6, 6.07) is 6.26. The lowest BCUT2D eigenvalue weighted by Crippen LogP contribution is -2.43. The van der Waals surface area contributed by atoms with Crippen molar-refractivity contribution in [3.8, 4) is 28.7 Å². The summed E-state index contributed by atoms with van der Waals surface area (Å²) in [5.74, 6) is -1.55. The Labute approximate surface area is 233 Å². The van der Waals surface area contributed by atoms with Crippen LogP contribution < -0.4 is 19.5 Å². The molecule has 0 aromatic heterocycles. The fourth-order valence-corrected chi connectivity index (χ4v) is 5.93. The highest BCUT2D eigenvalue weighted by molar-refractivity contribution is 5.81.